The lowest BCUT2D eigenvalue weighted by Gasteiger charge is -2.24. The third-order valence-corrected chi connectivity index (χ3v) is 2.98. The van der Waals surface area contributed by atoms with Crippen LogP contribution < -0.4 is 10.6 Å². The molecule has 7 heteroatoms. The highest BCUT2D eigenvalue weighted by atomic mass is 19.1. The van der Waals surface area contributed by atoms with Gasteiger partial charge in [0.25, 0.3) is 0 Å². The number of rotatable bonds is 8. The largest absolute Gasteiger partial charge is 0.383 e. The Morgan fingerprint density at radius 3 is 2.70 bits per heavy atom. The Bertz CT molecular complexity index is 562. The number of carbonyl (C=O) groups is 1. The number of hydrogen-bond acceptors (Lipinski definition) is 3. The Morgan fingerprint density at radius 1 is 1.39 bits per heavy atom. The van der Waals surface area contributed by atoms with Gasteiger partial charge < -0.3 is 20.5 Å². The van der Waals surface area contributed by atoms with Gasteiger partial charge in [-0.25, -0.2) is 13.6 Å². The van der Waals surface area contributed by atoms with Gasteiger partial charge in [-0.2, -0.15) is 0 Å². The van der Waals surface area contributed by atoms with Gasteiger partial charge in [-0.05, 0) is 19.9 Å². The number of aliphatic hydroxyl groups is 1. The molecule has 1 aromatic carbocycles. The second-order valence-corrected chi connectivity index (χ2v) is 5.52. The zero-order valence-electron chi connectivity index (χ0n) is 13.3. The number of urea groups is 1. The van der Waals surface area contributed by atoms with E-state index in [2.05, 4.69) is 17.2 Å². The number of ether oxygens (including phenoxy) is 1. The molecule has 0 saturated heterocycles. The molecule has 1 unspecified atom stereocenters. The van der Waals surface area contributed by atoms with Crippen molar-refractivity contribution in [3.8, 4) is 0 Å². The molecule has 0 spiro atoms. The average Bonchev–Trinajstić information content (AvgIpc) is 2.44. The molecule has 128 valence electrons. The Kier molecular flexibility index (Phi) is 7.12. The molecule has 3 N–H and O–H groups in total. The molecule has 5 nitrogen and oxygen atoms in total. The molecule has 0 aliphatic heterocycles. The smallest absolute Gasteiger partial charge is 0.314 e. The molecule has 2 amide bonds. The molecule has 0 aromatic heterocycles. The topological polar surface area (TPSA) is 70.6 Å². The van der Waals surface area contributed by atoms with Crippen molar-refractivity contribution in [3.63, 3.8) is 0 Å². The van der Waals surface area contributed by atoms with E-state index in [-0.39, 0.29) is 18.7 Å². The lowest BCUT2D eigenvalue weighted by molar-refractivity contribution is 0.0554. The molecule has 1 rings (SSSR count). The zero-order chi connectivity index (χ0) is 17.5. The molecular formula is C16H22F2N2O3. The van der Waals surface area contributed by atoms with Crippen LogP contribution in [-0.2, 0) is 10.3 Å². The maximum atomic E-state index is 13.7. The number of carbonyl (C=O) groups excluding carboxylic acids is 1. The summed E-state index contributed by atoms with van der Waals surface area (Å²) in [5.41, 5.74) is -0.873. The van der Waals surface area contributed by atoms with Crippen LogP contribution in [0.2, 0.25) is 0 Å². The highest BCUT2D eigenvalue weighted by Crippen LogP contribution is 2.23. The normalized spacial score (nSPS) is 13.3. The van der Waals surface area contributed by atoms with E-state index < -0.39 is 23.3 Å². The van der Waals surface area contributed by atoms with Gasteiger partial charge in [-0.15, -0.1) is 0 Å². The van der Waals surface area contributed by atoms with Crippen molar-refractivity contribution in [1.29, 1.82) is 0 Å². The summed E-state index contributed by atoms with van der Waals surface area (Å²) in [4.78, 5) is 11.6. The predicted molar refractivity (Wildman–Crippen MR) is 83.0 cm³/mol. The standard InChI is InChI=1S/C16H22F2N2O3/c1-11(2)9-23-7-6-19-15(21)20-10-16(3,22)13-5-4-12(17)8-14(13)18/h4-5,8,22H,1,6-7,9-10H2,2-3H3,(H2,19,20,21). The quantitative estimate of drug-likeness (QED) is 0.505. The van der Waals surface area contributed by atoms with Gasteiger partial charge in [0, 0.05) is 18.2 Å². The molecule has 1 atom stereocenters. The van der Waals surface area contributed by atoms with E-state index in [0.717, 1.165) is 17.7 Å². The van der Waals surface area contributed by atoms with E-state index in [1.165, 1.54) is 6.92 Å². The third kappa shape index (κ3) is 6.75. The summed E-state index contributed by atoms with van der Waals surface area (Å²) >= 11 is 0. The minimum absolute atomic E-state index is 0.0935. The van der Waals surface area contributed by atoms with Crippen LogP contribution in [-0.4, -0.2) is 37.4 Å². The molecular weight excluding hydrogens is 306 g/mol. The molecule has 0 radical (unpaired) electrons. The monoisotopic (exact) mass is 328 g/mol. The summed E-state index contributed by atoms with van der Waals surface area (Å²) < 4.78 is 31.8. The first-order valence-corrected chi connectivity index (χ1v) is 7.14. The van der Waals surface area contributed by atoms with Crippen molar-refractivity contribution in [2.45, 2.75) is 19.4 Å². The van der Waals surface area contributed by atoms with Crippen molar-refractivity contribution in [2.24, 2.45) is 0 Å². The van der Waals surface area contributed by atoms with Crippen LogP contribution in [0.4, 0.5) is 13.6 Å². The highest BCUT2D eigenvalue weighted by Gasteiger charge is 2.27. The minimum Gasteiger partial charge on any atom is -0.383 e. The fourth-order valence-corrected chi connectivity index (χ4v) is 1.82. The van der Waals surface area contributed by atoms with Gasteiger partial charge in [0.2, 0.25) is 0 Å². The van der Waals surface area contributed by atoms with Crippen LogP contribution >= 0.6 is 0 Å². The Labute approximate surface area is 134 Å². The fraction of sp³-hybridized carbons (Fsp3) is 0.438. The van der Waals surface area contributed by atoms with Crippen LogP contribution in [0.3, 0.4) is 0 Å². The van der Waals surface area contributed by atoms with Gasteiger partial charge in [0.1, 0.15) is 17.2 Å². The zero-order valence-corrected chi connectivity index (χ0v) is 13.3. The van der Waals surface area contributed by atoms with Crippen LogP contribution in [0, 0.1) is 11.6 Å². The van der Waals surface area contributed by atoms with E-state index in [9.17, 15) is 18.7 Å². The lowest BCUT2D eigenvalue weighted by Crippen LogP contribution is -2.44. The molecule has 23 heavy (non-hydrogen) atoms. The first kappa shape index (κ1) is 19.1. The van der Waals surface area contributed by atoms with Crippen molar-refractivity contribution in [3.05, 3.63) is 47.5 Å². The van der Waals surface area contributed by atoms with E-state index in [1.807, 2.05) is 6.92 Å². The fourth-order valence-electron chi connectivity index (χ4n) is 1.82. The molecule has 1 aromatic rings. The second kappa shape index (κ2) is 8.59. The summed E-state index contributed by atoms with van der Waals surface area (Å²) in [6.45, 7) is 7.64. The maximum Gasteiger partial charge on any atom is 0.314 e. The number of amides is 2. The van der Waals surface area contributed by atoms with Gasteiger partial charge in [0.05, 0.1) is 19.8 Å². The van der Waals surface area contributed by atoms with Crippen molar-refractivity contribution < 1.29 is 23.4 Å². The van der Waals surface area contributed by atoms with Crippen molar-refractivity contribution in [2.75, 3.05) is 26.3 Å². The van der Waals surface area contributed by atoms with E-state index in [4.69, 9.17) is 4.74 Å². The van der Waals surface area contributed by atoms with Crippen molar-refractivity contribution >= 4 is 6.03 Å². The van der Waals surface area contributed by atoms with Crippen LogP contribution in [0.15, 0.2) is 30.4 Å². The molecule has 0 aliphatic rings. The van der Waals surface area contributed by atoms with E-state index in [0.29, 0.717) is 19.3 Å². The molecule has 0 aliphatic carbocycles. The van der Waals surface area contributed by atoms with Crippen LogP contribution in [0.1, 0.15) is 19.4 Å². The number of benzene rings is 1. The SMILES string of the molecule is C=C(C)COCCNC(=O)NCC(C)(O)c1ccc(F)cc1F. The minimum atomic E-state index is -1.66. The summed E-state index contributed by atoms with van der Waals surface area (Å²) in [7, 11) is 0. The summed E-state index contributed by atoms with van der Waals surface area (Å²) in [6.07, 6.45) is 0. The van der Waals surface area contributed by atoms with E-state index in [1.54, 1.807) is 0 Å². The summed E-state index contributed by atoms with van der Waals surface area (Å²) in [6, 6.07) is 2.36. The van der Waals surface area contributed by atoms with Gasteiger partial charge >= 0.3 is 6.03 Å². The highest BCUT2D eigenvalue weighted by molar-refractivity contribution is 5.73. The first-order chi connectivity index (χ1) is 10.7. The van der Waals surface area contributed by atoms with Crippen LogP contribution in [0.25, 0.3) is 0 Å². The second-order valence-electron chi connectivity index (χ2n) is 5.52. The van der Waals surface area contributed by atoms with Gasteiger partial charge in [-0.1, -0.05) is 18.2 Å². The van der Waals surface area contributed by atoms with Gasteiger partial charge in [-0.3, -0.25) is 0 Å². The Morgan fingerprint density at radius 2 is 2.09 bits per heavy atom. The average molecular weight is 328 g/mol. The molecule has 0 saturated carbocycles. The molecule has 0 heterocycles. The van der Waals surface area contributed by atoms with Gasteiger partial charge in [0.15, 0.2) is 0 Å². The lowest BCUT2D eigenvalue weighted by atomic mass is 9.95. The maximum absolute atomic E-state index is 13.7. The predicted octanol–water partition coefficient (Wildman–Crippen LogP) is 2.06. The third-order valence-electron chi connectivity index (χ3n) is 2.98. The molecule has 0 bridgehead atoms. The Balaban J connectivity index is 2.40. The number of nitrogens with one attached hydrogen (secondary N) is 2. The number of halogens is 2. The summed E-state index contributed by atoms with van der Waals surface area (Å²) in [5.74, 6) is -1.60. The Hall–Kier alpha value is -1.99. The number of hydrogen-bond donors (Lipinski definition) is 3. The summed E-state index contributed by atoms with van der Waals surface area (Å²) in [5, 5.41) is 15.2. The van der Waals surface area contributed by atoms with Crippen LogP contribution in [0.5, 0.6) is 0 Å². The van der Waals surface area contributed by atoms with E-state index >= 15 is 0 Å². The van der Waals surface area contributed by atoms with Crippen molar-refractivity contribution in [1.82, 2.24) is 10.6 Å². The first-order valence-electron chi connectivity index (χ1n) is 7.14. The molecule has 0 fully saturated rings.